The molecule has 2 aromatic rings. The van der Waals surface area contributed by atoms with Crippen LogP contribution < -0.4 is 10.6 Å². The second-order valence-electron chi connectivity index (χ2n) is 4.49. The van der Waals surface area contributed by atoms with Gasteiger partial charge in [-0.1, -0.05) is 23.2 Å². The monoisotopic (exact) mass is 323 g/mol. The molecule has 1 aromatic heterocycles. The Kier molecular flexibility index (Phi) is 5.84. The molecule has 21 heavy (non-hydrogen) atoms. The molecule has 1 heterocycles. The molecule has 0 saturated heterocycles. The fourth-order valence-corrected chi connectivity index (χ4v) is 2.39. The molecule has 0 aliphatic rings. The molecule has 4 nitrogen and oxygen atoms in total. The molecule has 0 aliphatic carbocycles. The largest absolute Gasteiger partial charge is 0.338 e. The second kappa shape index (κ2) is 7.86. The topological polar surface area (TPSA) is 54.0 Å². The van der Waals surface area contributed by atoms with Gasteiger partial charge in [0.2, 0.25) is 0 Å². The summed E-state index contributed by atoms with van der Waals surface area (Å²) in [7, 11) is 0. The minimum absolute atomic E-state index is 0.208. The third kappa shape index (κ3) is 5.61. The van der Waals surface area contributed by atoms with Crippen molar-refractivity contribution in [2.45, 2.75) is 13.0 Å². The SMILES string of the molecule is O=C(NCCc1cc(Cl)cc(Cl)c1)NCc1ccncc1. The van der Waals surface area contributed by atoms with Crippen molar-refractivity contribution in [2.24, 2.45) is 0 Å². The zero-order chi connectivity index (χ0) is 15.1. The van der Waals surface area contributed by atoms with Crippen molar-refractivity contribution in [2.75, 3.05) is 6.54 Å². The molecule has 0 saturated carbocycles. The Labute approximate surface area is 133 Å². The lowest BCUT2D eigenvalue weighted by Gasteiger charge is -2.08. The molecule has 2 amide bonds. The Bertz CT molecular complexity index is 585. The van der Waals surface area contributed by atoms with Crippen LogP contribution >= 0.6 is 23.2 Å². The molecule has 0 spiro atoms. The van der Waals surface area contributed by atoms with Gasteiger partial charge in [0.25, 0.3) is 0 Å². The number of aromatic nitrogens is 1. The minimum atomic E-state index is -0.208. The summed E-state index contributed by atoms with van der Waals surface area (Å²) in [5.74, 6) is 0. The number of nitrogens with zero attached hydrogens (tertiary/aromatic N) is 1. The molecule has 0 aliphatic heterocycles. The zero-order valence-corrected chi connectivity index (χ0v) is 12.8. The quantitative estimate of drug-likeness (QED) is 0.885. The van der Waals surface area contributed by atoms with Gasteiger partial charge in [0.15, 0.2) is 0 Å². The third-order valence-corrected chi connectivity index (χ3v) is 3.26. The van der Waals surface area contributed by atoms with Gasteiger partial charge in [-0.3, -0.25) is 4.98 Å². The number of pyridine rings is 1. The van der Waals surface area contributed by atoms with Crippen molar-refractivity contribution in [3.63, 3.8) is 0 Å². The van der Waals surface area contributed by atoms with E-state index in [-0.39, 0.29) is 6.03 Å². The minimum Gasteiger partial charge on any atom is -0.338 e. The van der Waals surface area contributed by atoms with Gasteiger partial charge in [0.05, 0.1) is 0 Å². The molecular formula is C15H15Cl2N3O. The summed E-state index contributed by atoms with van der Waals surface area (Å²) in [6, 6.07) is 8.86. The maximum atomic E-state index is 11.7. The van der Waals surface area contributed by atoms with E-state index in [0.717, 1.165) is 11.1 Å². The molecule has 0 bridgehead atoms. The molecule has 1 aromatic carbocycles. The highest BCUT2D eigenvalue weighted by molar-refractivity contribution is 6.34. The number of hydrogen-bond donors (Lipinski definition) is 2. The average molecular weight is 324 g/mol. The maximum absolute atomic E-state index is 11.7. The Morgan fingerprint density at radius 3 is 2.33 bits per heavy atom. The molecular weight excluding hydrogens is 309 g/mol. The van der Waals surface area contributed by atoms with Crippen LogP contribution in [0.5, 0.6) is 0 Å². The van der Waals surface area contributed by atoms with Crippen molar-refractivity contribution in [1.82, 2.24) is 15.6 Å². The molecule has 0 radical (unpaired) electrons. The van der Waals surface area contributed by atoms with E-state index >= 15 is 0 Å². The van der Waals surface area contributed by atoms with E-state index in [4.69, 9.17) is 23.2 Å². The van der Waals surface area contributed by atoms with Crippen molar-refractivity contribution >= 4 is 29.2 Å². The van der Waals surface area contributed by atoms with E-state index < -0.39 is 0 Å². The highest BCUT2D eigenvalue weighted by atomic mass is 35.5. The van der Waals surface area contributed by atoms with Crippen LogP contribution in [-0.4, -0.2) is 17.6 Å². The Morgan fingerprint density at radius 1 is 1.00 bits per heavy atom. The first-order valence-electron chi connectivity index (χ1n) is 6.49. The van der Waals surface area contributed by atoms with Gasteiger partial charge in [0, 0.05) is 35.5 Å². The highest BCUT2D eigenvalue weighted by Crippen LogP contribution is 2.19. The van der Waals surface area contributed by atoms with Gasteiger partial charge in [0.1, 0.15) is 0 Å². The molecule has 0 atom stereocenters. The fraction of sp³-hybridized carbons (Fsp3) is 0.200. The lowest BCUT2D eigenvalue weighted by molar-refractivity contribution is 0.240. The average Bonchev–Trinajstić information content (AvgIpc) is 2.45. The summed E-state index contributed by atoms with van der Waals surface area (Å²) in [5, 5.41) is 6.76. The van der Waals surface area contributed by atoms with E-state index in [9.17, 15) is 4.79 Å². The predicted molar refractivity (Wildman–Crippen MR) is 84.6 cm³/mol. The Balaban J connectivity index is 1.72. The zero-order valence-electron chi connectivity index (χ0n) is 11.3. The van der Waals surface area contributed by atoms with Crippen LogP contribution in [0.3, 0.4) is 0 Å². The number of hydrogen-bond acceptors (Lipinski definition) is 2. The lowest BCUT2D eigenvalue weighted by Crippen LogP contribution is -2.36. The van der Waals surface area contributed by atoms with Gasteiger partial charge in [-0.2, -0.15) is 0 Å². The third-order valence-electron chi connectivity index (χ3n) is 2.82. The van der Waals surface area contributed by atoms with Crippen LogP contribution in [0.15, 0.2) is 42.7 Å². The van der Waals surface area contributed by atoms with Gasteiger partial charge >= 0.3 is 6.03 Å². The van der Waals surface area contributed by atoms with Gasteiger partial charge in [-0.05, 0) is 47.9 Å². The first kappa shape index (κ1) is 15.6. The summed E-state index contributed by atoms with van der Waals surface area (Å²) in [4.78, 5) is 15.6. The van der Waals surface area contributed by atoms with Crippen molar-refractivity contribution < 1.29 is 4.79 Å². The smallest absolute Gasteiger partial charge is 0.315 e. The van der Waals surface area contributed by atoms with E-state index in [1.165, 1.54) is 0 Å². The van der Waals surface area contributed by atoms with Gasteiger partial charge < -0.3 is 10.6 Å². The number of rotatable bonds is 5. The molecule has 2 N–H and O–H groups in total. The maximum Gasteiger partial charge on any atom is 0.315 e. The number of benzene rings is 1. The van der Waals surface area contributed by atoms with Crippen LogP contribution in [-0.2, 0) is 13.0 Å². The summed E-state index contributed by atoms with van der Waals surface area (Å²) < 4.78 is 0. The van der Waals surface area contributed by atoms with E-state index in [2.05, 4.69) is 15.6 Å². The Morgan fingerprint density at radius 2 is 1.67 bits per heavy atom. The number of carbonyl (C=O) groups excluding carboxylic acids is 1. The second-order valence-corrected chi connectivity index (χ2v) is 5.37. The van der Waals surface area contributed by atoms with Crippen molar-refractivity contribution in [1.29, 1.82) is 0 Å². The molecule has 110 valence electrons. The molecule has 2 rings (SSSR count). The summed E-state index contributed by atoms with van der Waals surface area (Å²) in [6.45, 7) is 0.982. The fourth-order valence-electron chi connectivity index (χ4n) is 1.82. The van der Waals surface area contributed by atoms with E-state index in [1.54, 1.807) is 18.5 Å². The van der Waals surface area contributed by atoms with E-state index in [0.29, 0.717) is 29.6 Å². The Hall–Kier alpha value is -1.78. The lowest BCUT2D eigenvalue weighted by atomic mass is 10.1. The van der Waals surface area contributed by atoms with Crippen LogP contribution in [0.1, 0.15) is 11.1 Å². The van der Waals surface area contributed by atoms with Gasteiger partial charge in [-0.25, -0.2) is 4.79 Å². The van der Waals surface area contributed by atoms with E-state index in [1.807, 2.05) is 24.3 Å². The normalized spacial score (nSPS) is 10.2. The number of carbonyl (C=O) groups is 1. The van der Waals surface area contributed by atoms with Crippen molar-refractivity contribution in [3.8, 4) is 0 Å². The number of urea groups is 1. The van der Waals surface area contributed by atoms with Crippen LogP contribution in [0.2, 0.25) is 10.0 Å². The highest BCUT2D eigenvalue weighted by Gasteiger charge is 2.02. The molecule has 0 unspecified atom stereocenters. The standard InChI is InChI=1S/C15H15Cl2N3O/c16-13-7-12(8-14(17)9-13)3-6-19-15(21)20-10-11-1-4-18-5-2-11/h1-2,4-5,7-9H,3,6,10H2,(H2,19,20,21). The number of amides is 2. The van der Waals surface area contributed by atoms with Crippen LogP contribution in [0.25, 0.3) is 0 Å². The first-order chi connectivity index (χ1) is 10.1. The molecule has 6 heteroatoms. The number of nitrogens with one attached hydrogen (secondary N) is 2. The van der Waals surface area contributed by atoms with Gasteiger partial charge in [-0.15, -0.1) is 0 Å². The number of halogens is 2. The summed E-state index contributed by atoms with van der Waals surface area (Å²) in [5.41, 5.74) is 1.99. The predicted octanol–water partition coefficient (Wildman–Crippen LogP) is 3.43. The van der Waals surface area contributed by atoms with Crippen molar-refractivity contribution in [3.05, 3.63) is 63.9 Å². The summed E-state index contributed by atoms with van der Waals surface area (Å²) >= 11 is 11.8. The first-order valence-corrected chi connectivity index (χ1v) is 7.24. The summed E-state index contributed by atoms with van der Waals surface area (Å²) in [6.07, 6.45) is 4.05. The van der Waals surface area contributed by atoms with Crippen LogP contribution in [0.4, 0.5) is 4.79 Å². The van der Waals surface area contributed by atoms with Crippen LogP contribution in [0, 0.1) is 0 Å². The molecule has 0 fully saturated rings.